The fraction of sp³-hybridized carbons (Fsp3) is 0.250. The van der Waals surface area contributed by atoms with Gasteiger partial charge in [0.2, 0.25) is 0 Å². The third kappa shape index (κ3) is 1.43. The molecule has 1 unspecified atom stereocenters. The molecule has 0 saturated carbocycles. The first-order chi connectivity index (χ1) is 7.86. The number of benzene rings is 1. The monoisotopic (exact) mass is 216 g/mol. The molecule has 0 aliphatic carbocycles. The molecule has 0 radical (unpaired) electrons. The smallest absolute Gasteiger partial charge is 0.181 e. The molecule has 1 aliphatic heterocycles. The van der Waals surface area contributed by atoms with Gasteiger partial charge in [0, 0.05) is 24.4 Å². The van der Waals surface area contributed by atoms with Gasteiger partial charge in [0.15, 0.2) is 6.23 Å². The third-order valence-corrected chi connectivity index (χ3v) is 2.78. The number of methoxy groups -OCH3 is 1. The Kier molecular flexibility index (Phi) is 2.06. The van der Waals surface area contributed by atoms with Crippen LogP contribution < -0.4 is 9.47 Å². The standard InChI is InChI=1S/C12H12N2O2/c1-15-10-2-3-11-9(6-10)7-12(16-11)14-5-4-13-8-14/h2-6,8,12H,7H2,1H3. The summed E-state index contributed by atoms with van der Waals surface area (Å²) >= 11 is 0. The highest BCUT2D eigenvalue weighted by molar-refractivity contribution is 5.42. The summed E-state index contributed by atoms with van der Waals surface area (Å²) < 4.78 is 13.0. The summed E-state index contributed by atoms with van der Waals surface area (Å²) in [6, 6.07) is 5.88. The maximum Gasteiger partial charge on any atom is 0.181 e. The van der Waals surface area contributed by atoms with Crippen LogP contribution in [0, 0.1) is 0 Å². The number of ether oxygens (including phenoxy) is 2. The molecule has 0 saturated heterocycles. The van der Waals surface area contributed by atoms with Crippen molar-refractivity contribution in [1.82, 2.24) is 9.55 Å². The van der Waals surface area contributed by atoms with Gasteiger partial charge < -0.3 is 14.0 Å². The molecule has 2 aromatic rings. The number of aromatic nitrogens is 2. The second-order valence-corrected chi connectivity index (χ2v) is 3.76. The van der Waals surface area contributed by atoms with Crippen molar-refractivity contribution in [3.63, 3.8) is 0 Å². The second-order valence-electron chi connectivity index (χ2n) is 3.76. The van der Waals surface area contributed by atoms with Crippen LogP contribution in [0.1, 0.15) is 11.8 Å². The lowest BCUT2D eigenvalue weighted by Gasteiger charge is -2.10. The Balaban J connectivity index is 1.89. The number of nitrogens with zero attached hydrogens (tertiary/aromatic N) is 2. The molecule has 2 heterocycles. The van der Waals surface area contributed by atoms with Crippen molar-refractivity contribution in [3.05, 3.63) is 42.5 Å². The van der Waals surface area contributed by atoms with Gasteiger partial charge in [-0.3, -0.25) is 0 Å². The summed E-state index contributed by atoms with van der Waals surface area (Å²) in [5.41, 5.74) is 1.18. The van der Waals surface area contributed by atoms with E-state index in [1.54, 1.807) is 19.6 Å². The molecular weight excluding hydrogens is 204 g/mol. The molecule has 4 nitrogen and oxygen atoms in total. The molecule has 1 aromatic carbocycles. The molecule has 4 heteroatoms. The van der Waals surface area contributed by atoms with Crippen molar-refractivity contribution in [3.8, 4) is 11.5 Å². The molecule has 1 aliphatic rings. The van der Waals surface area contributed by atoms with Gasteiger partial charge in [0.25, 0.3) is 0 Å². The maximum absolute atomic E-state index is 5.82. The normalized spacial score (nSPS) is 17.9. The molecule has 1 atom stereocenters. The molecular formula is C12H12N2O2. The van der Waals surface area contributed by atoms with E-state index in [9.17, 15) is 0 Å². The van der Waals surface area contributed by atoms with Crippen molar-refractivity contribution < 1.29 is 9.47 Å². The van der Waals surface area contributed by atoms with Crippen molar-refractivity contribution in [2.75, 3.05) is 7.11 Å². The van der Waals surface area contributed by atoms with Crippen molar-refractivity contribution >= 4 is 0 Å². The van der Waals surface area contributed by atoms with E-state index in [0.717, 1.165) is 17.9 Å². The minimum atomic E-state index is 0.0182. The van der Waals surface area contributed by atoms with Gasteiger partial charge in [-0.2, -0.15) is 0 Å². The molecule has 1 aromatic heterocycles. The molecule has 0 amide bonds. The number of imidazole rings is 1. The first kappa shape index (κ1) is 9.27. The number of hydrogen-bond donors (Lipinski definition) is 0. The number of rotatable bonds is 2. The van der Waals surface area contributed by atoms with Gasteiger partial charge in [-0.15, -0.1) is 0 Å². The van der Waals surface area contributed by atoms with E-state index < -0.39 is 0 Å². The average Bonchev–Trinajstić information content (AvgIpc) is 2.96. The van der Waals surface area contributed by atoms with Crippen LogP contribution in [0.3, 0.4) is 0 Å². The second kappa shape index (κ2) is 3.56. The van der Waals surface area contributed by atoms with Gasteiger partial charge >= 0.3 is 0 Å². The highest BCUT2D eigenvalue weighted by Crippen LogP contribution is 2.35. The first-order valence-electron chi connectivity index (χ1n) is 5.18. The molecule has 0 fully saturated rings. The zero-order valence-corrected chi connectivity index (χ0v) is 8.96. The van der Waals surface area contributed by atoms with Gasteiger partial charge in [-0.1, -0.05) is 0 Å². The molecule has 16 heavy (non-hydrogen) atoms. The Morgan fingerprint density at radius 2 is 2.44 bits per heavy atom. The summed E-state index contributed by atoms with van der Waals surface area (Å²) in [5.74, 6) is 1.80. The van der Waals surface area contributed by atoms with E-state index in [4.69, 9.17) is 9.47 Å². The van der Waals surface area contributed by atoms with E-state index in [-0.39, 0.29) is 6.23 Å². The molecule has 0 bridgehead atoms. The molecule has 0 N–H and O–H groups in total. The molecule has 0 spiro atoms. The lowest BCUT2D eigenvalue weighted by atomic mass is 10.1. The fourth-order valence-corrected chi connectivity index (χ4v) is 1.94. The lowest BCUT2D eigenvalue weighted by Crippen LogP contribution is -2.10. The Morgan fingerprint density at radius 1 is 1.50 bits per heavy atom. The fourth-order valence-electron chi connectivity index (χ4n) is 1.94. The largest absolute Gasteiger partial charge is 0.497 e. The highest BCUT2D eigenvalue weighted by atomic mass is 16.5. The van der Waals surface area contributed by atoms with Gasteiger partial charge in [0.1, 0.15) is 11.5 Å². The van der Waals surface area contributed by atoms with E-state index in [0.29, 0.717) is 0 Å². The van der Waals surface area contributed by atoms with E-state index in [2.05, 4.69) is 4.98 Å². The van der Waals surface area contributed by atoms with E-state index in [1.807, 2.05) is 29.0 Å². The van der Waals surface area contributed by atoms with E-state index >= 15 is 0 Å². The first-order valence-corrected chi connectivity index (χ1v) is 5.18. The van der Waals surface area contributed by atoms with Crippen molar-refractivity contribution in [2.45, 2.75) is 12.6 Å². The molecule has 82 valence electrons. The minimum Gasteiger partial charge on any atom is -0.497 e. The summed E-state index contributed by atoms with van der Waals surface area (Å²) in [4.78, 5) is 4.02. The van der Waals surface area contributed by atoms with Crippen LogP contribution in [0.5, 0.6) is 11.5 Å². The summed E-state index contributed by atoms with van der Waals surface area (Å²) in [5, 5.41) is 0. The van der Waals surface area contributed by atoms with Gasteiger partial charge in [-0.05, 0) is 18.2 Å². The number of hydrogen-bond acceptors (Lipinski definition) is 3. The lowest BCUT2D eigenvalue weighted by molar-refractivity contribution is 0.160. The van der Waals surface area contributed by atoms with Gasteiger partial charge in [0.05, 0.1) is 13.4 Å². The summed E-state index contributed by atoms with van der Waals surface area (Å²) in [6.45, 7) is 0. The van der Waals surface area contributed by atoms with Crippen LogP contribution in [0.4, 0.5) is 0 Å². The Morgan fingerprint density at radius 3 is 3.19 bits per heavy atom. The average molecular weight is 216 g/mol. The van der Waals surface area contributed by atoms with Crippen LogP contribution >= 0.6 is 0 Å². The van der Waals surface area contributed by atoms with E-state index in [1.165, 1.54) is 5.56 Å². The van der Waals surface area contributed by atoms with Crippen molar-refractivity contribution in [2.24, 2.45) is 0 Å². The summed E-state index contributed by atoms with van der Waals surface area (Å²) in [6.07, 6.45) is 6.31. The highest BCUT2D eigenvalue weighted by Gasteiger charge is 2.24. The van der Waals surface area contributed by atoms with Crippen LogP contribution in [-0.2, 0) is 6.42 Å². The zero-order chi connectivity index (χ0) is 11.0. The maximum atomic E-state index is 5.82. The van der Waals surface area contributed by atoms with Gasteiger partial charge in [-0.25, -0.2) is 4.98 Å². The quantitative estimate of drug-likeness (QED) is 0.770. The summed E-state index contributed by atoms with van der Waals surface area (Å²) in [7, 11) is 1.67. The predicted octanol–water partition coefficient (Wildman–Crippen LogP) is 2.03. The SMILES string of the molecule is COc1ccc2c(c1)CC(n1ccnc1)O2. The number of fused-ring (bicyclic) bond motifs is 1. The third-order valence-electron chi connectivity index (χ3n) is 2.78. The Hall–Kier alpha value is -1.97. The molecule has 3 rings (SSSR count). The van der Waals surface area contributed by atoms with Crippen LogP contribution in [0.15, 0.2) is 36.9 Å². The van der Waals surface area contributed by atoms with Crippen LogP contribution in [0.2, 0.25) is 0 Å². The Bertz CT molecular complexity index is 494. The minimum absolute atomic E-state index is 0.0182. The Labute approximate surface area is 93.4 Å². The van der Waals surface area contributed by atoms with Crippen LogP contribution in [-0.4, -0.2) is 16.7 Å². The van der Waals surface area contributed by atoms with Crippen molar-refractivity contribution in [1.29, 1.82) is 0 Å². The van der Waals surface area contributed by atoms with Crippen LogP contribution in [0.25, 0.3) is 0 Å². The zero-order valence-electron chi connectivity index (χ0n) is 8.96. The predicted molar refractivity (Wildman–Crippen MR) is 58.6 cm³/mol. The topological polar surface area (TPSA) is 36.3 Å².